The van der Waals surface area contributed by atoms with Gasteiger partial charge >= 0.3 is 0 Å². The molecule has 0 amide bonds. The average molecular weight is 577 g/mol. The molecule has 5 rings (SSSR count). The lowest BCUT2D eigenvalue weighted by Gasteiger charge is -2.39. The molecule has 4 atom stereocenters. The smallest absolute Gasteiger partial charge is 0.261 e. The van der Waals surface area contributed by atoms with Gasteiger partial charge in [0, 0.05) is 43.5 Å². The summed E-state index contributed by atoms with van der Waals surface area (Å²) in [5, 5.41) is 7.66. The summed E-state index contributed by atoms with van der Waals surface area (Å²) in [5.41, 5.74) is 2.22. The molecule has 1 saturated heterocycles. The van der Waals surface area contributed by atoms with Crippen LogP contribution in [0.2, 0.25) is 0 Å². The Morgan fingerprint density at radius 1 is 1.26 bits per heavy atom. The van der Waals surface area contributed by atoms with Gasteiger partial charge < -0.3 is 20.3 Å². The second-order valence-corrected chi connectivity index (χ2v) is 13.0. The number of anilines is 1. The summed E-state index contributed by atoms with van der Waals surface area (Å²) in [6.07, 6.45) is 5.36. The van der Waals surface area contributed by atoms with E-state index in [0.717, 1.165) is 37.7 Å². The van der Waals surface area contributed by atoms with E-state index in [2.05, 4.69) is 48.2 Å². The van der Waals surface area contributed by atoms with E-state index in [1.807, 2.05) is 25.1 Å². The summed E-state index contributed by atoms with van der Waals surface area (Å²) in [6, 6.07) is 10.9. The number of methoxy groups -OCH3 is 1. The number of guanidine groups is 1. The van der Waals surface area contributed by atoms with Crippen LogP contribution in [0.4, 0.5) is 10.1 Å². The van der Waals surface area contributed by atoms with Crippen LogP contribution in [0.1, 0.15) is 65.5 Å². The Balaban J connectivity index is 1.39. The van der Waals surface area contributed by atoms with Gasteiger partial charge in [-0.2, -0.15) is 0 Å². The highest BCUT2D eigenvalue weighted by molar-refractivity contribution is 5.96. The lowest BCUT2D eigenvalue weighted by atomic mass is 9.71. The predicted molar refractivity (Wildman–Crippen MR) is 168 cm³/mol. The summed E-state index contributed by atoms with van der Waals surface area (Å²) in [6.45, 7) is 13.8. The number of hydrogen-bond donors (Lipinski definition) is 2. The molecule has 1 unspecified atom stereocenters. The average Bonchev–Trinajstić information content (AvgIpc) is 2.95. The number of ether oxygens (including phenoxy) is 1. The Morgan fingerprint density at radius 3 is 2.79 bits per heavy atom. The van der Waals surface area contributed by atoms with E-state index in [9.17, 15) is 9.18 Å². The third-order valence-electron chi connectivity index (χ3n) is 8.90. The molecule has 226 valence electrons. The lowest BCUT2D eigenvalue weighted by molar-refractivity contribution is 0.168. The number of rotatable bonds is 6. The Kier molecular flexibility index (Phi) is 8.87. The van der Waals surface area contributed by atoms with Gasteiger partial charge in [0.15, 0.2) is 5.96 Å². The molecule has 1 aliphatic carbocycles. The van der Waals surface area contributed by atoms with Gasteiger partial charge in [0.1, 0.15) is 11.6 Å². The van der Waals surface area contributed by atoms with Crippen molar-refractivity contribution in [2.75, 3.05) is 32.1 Å². The van der Waals surface area contributed by atoms with E-state index < -0.39 is 0 Å². The molecule has 0 radical (unpaired) electrons. The van der Waals surface area contributed by atoms with Gasteiger partial charge in [-0.05, 0) is 80.7 Å². The molecule has 3 aromatic rings. The minimum Gasteiger partial charge on any atom is -0.497 e. The molecule has 2 N–H and O–H groups in total. The first-order valence-electron chi connectivity index (χ1n) is 15.2. The van der Waals surface area contributed by atoms with Gasteiger partial charge in [-0.1, -0.05) is 26.8 Å². The molecule has 1 saturated carbocycles. The fourth-order valence-electron chi connectivity index (χ4n) is 6.49. The van der Waals surface area contributed by atoms with Crippen molar-refractivity contribution in [3.05, 3.63) is 64.5 Å². The zero-order valence-electron chi connectivity index (χ0n) is 25.8. The number of hydrogen-bond acceptors (Lipinski definition) is 5. The van der Waals surface area contributed by atoms with Gasteiger partial charge in [-0.15, -0.1) is 0 Å². The number of nitrogens with one attached hydrogen (secondary N) is 2. The fourth-order valence-corrected chi connectivity index (χ4v) is 6.49. The van der Waals surface area contributed by atoms with Gasteiger partial charge in [0.25, 0.3) is 5.56 Å². The normalized spacial score (nSPS) is 23.5. The summed E-state index contributed by atoms with van der Waals surface area (Å²) in [4.78, 5) is 25.7. The largest absolute Gasteiger partial charge is 0.497 e. The third-order valence-corrected chi connectivity index (χ3v) is 8.90. The van der Waals surface area contributed by atoms with E-state index in [1.165, 1.54) is 26.0 Å². The number of piperazine rings is 1. The van der Waals surface area contributed by atoms with E-state index in [-0.39, 0.29) is 23.5 Å². The summed E-state index contributed by atoms with van der Waals surface area (Å²) < 4.78 is 21.3. The van der Waals surface area contributed by atoms with Crippen LogP contribution in [0.3, 0.4) is 0 Å². The minimum absolute atomic E-state index is 0.142. The number of benzene rings is 2. The Bertz CT molecular complexity index is 1500. The maximum absolute atomic E-state index is 14.6. The molecule has 2 heterocycles. The SMILES string of the molecule is COc1ccc(C[C@@H](C)n2cnc3cc(NC(=NC4CCC(C)(C)C[C@@H]4C)N4CCN[C@@H](C)C4)ccc3c2=O)c(F)c1. The van der Waals surface area contributed by atoms with Crippen molar-refractivity contribution in [2.24, 2.45) is 16.3 Å². The van der Waals surface area contributed by atoms with Crippen molar-refractivity contribution >= 4 is 22.5 Å². The Hall–Kier alpha value is -3.46. The van der Waals surface area contributed by atoms with Crippen LogP contribution in [0.15, 0.2) is 52.5 Å². The van der Waals surface area contributed by atoms with Gasteiger partial charge in [0.05, 0.1) is 30.4 Å². The van der Waals surface area contributed by atoms with Crippen molar-refractivity contribution in [2.45, 2.75) is 78.4 Å². The van der Waals surface area contributed by atoms with Crippen LogP contribution in [0, 0.1) is 17.2 Å². The monoisotopic (exact) mass is 576 g/mol. The highest BCUT2D eigenvalue weighted by Crippen LogP contribution is 2.40. The maximum atomic E-state index is 14.6. The summed E-state index contributed by atoms with van der Waals surface area (Å²) >= 11 is 0. The fraction of sp³-hybridized carbons (Fsp3) is 0.545. The molecular formula is C33H45FN6O2. The number of nitrogens with zero attached hydrogens (tertiary/aromatic N) is 4. The first kappa shape index (κ1) is 30.0. The molecule has 8 nitrogen and oxygen atoms in total. The molecule has 1 aromatic heterocycles. The Morgan fingerprint density at radius 2 is 2.07 bits per heavy atom. The molecule has 9 heteroatoms. The number of halogens is 1. The number of aromatic nitrogens is 2. The van der Waals surface area contributed by atoms with E-state index >= 15 is 0 Å². The van der Waals surface area contributed by atoms with Crippen molar-refractivity contribution in [3.8, 4) is 5.75 Å². The molecule has 2 aromatic carbocycles. The lowest BCUT2D eigenvalue weighted by Crippen LogP contribution is -2.53. The topological polar surface area (TPSA) is 83.8 Å². The molecule has 2 aliphatic rings. The van der Waals surface area contributed by atoms with Crippen molar-refractivity contribution in [3.63, 3.8) is 0 Å². The van der Waals surface area contributed by atoms with Gasteiger partial charge in [-0.3, -0.25) is 9.36 Å². The zero-order chi connectivity index (χ0) is 30.0. The van der Waals surface area contributed by atoms with E-state index in [1.54, 1.807) is 23.0 Å². The van der Waals surface area contributed by atoms with Gasteiger partial charge in [-0.25, -0.2) is 14.4 Å². The standard InChI is InChI=1S/C33H45FN6O2/c1-21-18-33(4,5)12-11-29(21)38-32(39-14-13-35-22(2)19-39)37-25-8-10-27-30(16-25)36-20-40(31(27)41)23(3)15-24-7-9-26(42-6)17-28(24)34/h7-10,16-17,20-23,29,35H,11-15,18-19H2,1-6H3,(H,37,38)/t21-,22-,23+,29?/m0/s1. The third kappa shape index (κ3) is 6.77. The summed E-state index contributed by atoms with van der Waals surface area (Å²) in [7, 11) is 1.51. The van der Waals surface area contributed by atoms with Crippen molar-refractivity contribution in [1.29, 1.82) is 0 Å². The van der Waals surface area contributed by atoms with E-state index in [0.29, 0.717) is 46.0 Å². The van der Waals surface area contributed by atoms with Crippen LogP contribution < -0.4 is 20.9 Å². The van der Waals surface area contributed by atoms with E-state index in [4.69, 9.17) is 9.73 Å². The molecule has 42 heavy (non-hydrogen) atoms. The van der Waals surface area contributed by atoms with Crippen molar-refractivity contribution in [1.82, 2.24) is 19.8 Å². The Labute approximate surface area is 248 Å². The number of fused-ring (bicyclic) bond motifs is 1. The predicted octanol–water partition coefficient (Wildman–Crippen LogP) is 5.62. The second kappa shape index (κ2) is 12.4. The molecular weight excluding hydrogens is 531 g/mol. The highest BCUT2D eigenvalue weighted by atomic mass is 19.1. The van der Waals surface area contributed by atoms with Crippen LogP contribution in [0.25, 0.3) is 10.9 Å². The van der Waals surface area contributed by atoms with Crippen LogP contribution in [0.5, 0.6) is 5.75 Å². The summed E-state index contributed by atoms with van der Waals surface area (Å²) in [5.74, 6) is 1.52. The van der Waals surface area contributed by atoms with Crippen LogP contribution in [-0.2, 0) is 6.42 Å². The minimum atomic E-state index is -0.346. The van der Waals surface area contributed by atoms with Crippen molar-refractivity contribution < 1.29 is 9.13 Å². The van der Waals surface area contributed by atoms with Crippen LogP contribution >= 0.6 is 0 Å². The molecule has 2 fully saturated rings. The quantitative estimate of drug-likeness (QED) is 0.293. The van der Waals surface area contributed by atoms with Gasteiger partial charge in [0.2, 0.25) is 0 Å². The molecule has 1 aliphatic heterocycles. The number of aliphatic imine (C=N–C) groups is 1. The first-order chi connectivity index (χ1) is 20.0. The maximum Gasteiger partial charge on any atom is 0.261 e. The molecule has 0 spiro atoms. The second-order valence-electron chi connectivity index (χ2n) is 13.0. The van der Waals surface area contributed by atoms with Crippen LogP contribution in [-0.4, -0.2) is 59.2 Å². The highest BCUT2D eigenvalue weighted by Gasteiger charge is 2.33. The molecule has 0 bridgehead atoms. The zero-order valence-corrected chi connectivity index (χ0v) is 25.8. The first-order valence-corrected chi connectivity index (χ1v) is 15.2.